The molecule has 0 bridgehead atoms. The predicted octanol–water partition coefficient (Wildman–Crippen LogP) is 3.91. The van der Waals surface area contributed by atoms with Gasteiger partial charge in [0, 0.05) is 42.4 Å². The van der Waals surface area contributed by atoms with Crippen molar-refractivity contribution in [3.05, 3.63) is 60.7 Å². The molecule has 7 nitrogen and oxygen atoms in total. The second kappa shape index (κ2) is 8.82. The number of anilines is 2. The fraction of sp³-hybridized carbons (Fsp3) is 0.292. The zero-order valence-corrected chi connectivity index (χ0v) is 17.5. The average molecular weight is 434 g/mol. The van der Waals surface area contributed by atoms with E-state index in [1.165, 1.54) is 18.5 Å². The van der Waals surface area contributed by atoms with Gasteiger partial charge in [-0.3, -0.25) is 4.79 Å². The topological polar surface area (TPSA) is 76.6 Å². The number of carbonyl (C=O) groups excluding carboxylic acids is 1. The first-order valence-corrected chi connectivity index (χ1v) is 10.7. The van der Waals surface area contributed by atoms with Crippen LogP contribution in [0.4, 0.5) is 15.9 Å². The van der Waals surface area contributed by atoms with Crippen molar-refractivity contribution in [2.24, 2.45) is 5.92 Å². The molecule has 1 saturated heterocycles. The third-order valence-electron chi connectivity index (χ3n) is 5.79. The maximum atomic E-state index is 13.2. The van der Waals surface area contributed by atoms with Crippen molar-refractivity contribution in [3.8, 4) is 22.8 Å². The van der Waals surface area contributed by atoms with Crippen LogP contribution < -0.4 is 19.7 Å². The molecule has 1 amide bonds. The lowest BCUT2D eigenvalue weighted by molar-refractivity contribution is -0.120. The standard InChI is InChI=1S/C24H23FN4O3/c25-18-3-1-16(2-4-18)20-14-23(27-15-26-20)29-9-7-17(8-10-29)24(30)28-19-5-6-21-22(13-19)32-12-11-31-21/h1-6,13-15,17H,7-12H2,(H,28,30). The number of piperidine rings is 1. The molecule has 32 heavy (non-hydrogen) atoms. The van der Waals surface area contributed by atoms with E-state index in [-0.39, 0.29) is 17.6 Å². The lowest BCUT2D eigenvalue weighted by Crippen LogP contribution is -2.38. The van der Waals surface area contributed by atoms with E-state index in [9.17, 15) is 9.18 Å². The van der Waals surface area contributed by atoms with Crippen LogP contribution in [0.2, 0.25) is 0 Å². The Morgan fingerprint density at radius 3 is 2.50 bits per heavy atom. The molecule has 2 aliphatic rings. The zero-order chi connectivity index (χ0) is 21.9. The number of ether oxygens (including phenoxy) is 2. The SMILES string of the molecule is O=C(Nc1ccc2c(c1)OCCO2)C1CCN(c2cc(-c3ccc(F)cc3)ncn2)CC1. The lowest BCUT2D eigenvalue weighted by atomic mass is 9.95. The molecule has 0 spiro atoms. The predicted molar refractivity (Wildman–Crippen MR) is 118 cm³/mol. The van der Waals surface area contributed by atoms with Gasteiger partial charge in [0.1, 0.15) is 31.2 Å². The highest BCUT2D eigenvalue weighted by Gasteiger charge is 2.26. The summed E-state index contributed by atoms with van der Waals surface area (Å²) in [5.41, 5.74) is 2.29. The Labute approximate surface area is 185 Å². The molecule has 1 fully saturated rings. The molecule has 0 unspecified atom stereocenters. The second-order valence-corrected chi connectivity index (χ2v) is 7.88. The number of aromatic nitrogens is 2. The van der Waals surface area contributed by atoms with Crippen molar-refractivity contribution < 1.29 is 18.7 Å². The van der Waals surface area contributed by atoms with Crippen LogP contribution in [0, 0.1) is 11.7 Å². The van der Waals surface area contributed by atoms with Crippen LogP contribution >= 0.6 is 0 Å². The van der Waals surface area contributed by atoms with Crippen molar-refractivity contribution in [2.75, 3.05) is 36.5 Å². The van der Waals surface area contributed by atoms with Crippen molar-refractivity contribution in [3.63, 3.8) is 0 Å². The van der Waals surface area contributed by atoms with Crippen LogP contribution in [0.25, 0.3) is 11.3 Å². The molecule has 0 atom stereocenters. The molecule has 2 aliphatic heterocycles. The molecular weight excluding hydrogens is 411 g/mol. The molecule has 2 aromatic carbocycles. The first kappa shape index (κ1) is 20.2. The average Bonchev–Trinajstić information content (AvgIpc) is 2.84. The smallest absolute Gasteiger partial charge is 0.227 e. The van der Waals surface area contributed by atoms with Gasteiger partial charge in [-0.25, -0.2) is 14.4 Å². The van der Waals surface area contributed by atoms with Crippen LogP contribution in [0.15, 0.2) is 54.9 Å². The third-order valence-corrected chi connectivity index (χ3v) is 5.79. The van der Waals surface area contributed by atoms with Gasteiger partial charge < -0.3 is 19.7 Å². The van der Waals surface area contributed by atoms with E-state index in [0.29, 0.717) is 30.4 Å². The Morgan fingerprint density at radius 2 is 1.72 bits per heavy atom. The number of rotatable bonds is 4. The minimum absolute atomic E-state index is 0.0102. The lowest BCUT2D eigenvalue weighted by Gasteiger charge is -2.32. The first-order valence-electron chi connectivity index (χ1n) is 10.7. The minimum Gasteiger partial charge on any atom is -0.486 e. The van der Waals surface area contributed by atoms with E-state index in [0.717, 1.165) is 43.0 Å². The number of hydrogen-bond donors (Lipinski definition) is 1. The minimum atomic E-state index is -0.278. The van der Waals surface area contributed by atoms with E-state index < -0.39 is 0 Å². The quantitative estimate of drug-likeness (QED) is 0.671. The van der Waals surface area contributed by atoms with Crippen molar-refractivity contribution in [2.45, 2.75) is 12.8 Å². The summed E-state index contributed by atoms with van der Waals surface area (Å²) in [5, 5.41) is 3.00. The molecule has 8 heteroatoms. The first-order chi connectivity index (χ1) is 15.7. The van der Waals surface area contributed by atoms with Crippen molar-refractivity contribution in [1.29, 1.82) is 0 Å². The molecule has 1 aromatic heterocycles. The summed E-state index contributed by atoms with van der Waals surface area (Å²) < 4.78 is 24.3. The Balaban J connectivity index is 1.20. The molecule has 0 saturated carbocycles. The van der Waals surface area contributed by atoms with Crippen LogP contribution in [0.3, 0.4) is 0 Å². The Morgan fingerprint density at radius 1 is 0.969 bits per heavy atom. The number of nitrogens with one attached hydrogen (secondary N) is 1. The van der Waals surface area contributed by atoms with Gasteiger partial charge in [-0.05, 0) is 49.2 Å². The third kappa shape index (κ3) is 4.34. The van der Waals surface area contributed by atoms with E-state index in [1.807, 2.05) is 18.2 Å². The number of halogens is 1. The van der Waals surface area contributed by atoms with Crippen LogP contribution in [0.5, 0.6) is 11.5 Å². The summed E-state index contributed by atoms with van der Waals surface area (Å²) in [6, 6.07) is 13.6. The van der Waals surface area contributed by atoms with Gasteiger partial charge in [-0.2, -0.15) is 0 Å². The molecule has 164 valence electrons. The van der Waals surface area contributed by atoms with Gasteiger partial charge in [0.15, 0.2) is 11.5 Å². The zero-order valence-electron chi connectivity index (χ0n) is 17.5. The molecular formula is C24H23FN4O3. The van der Waals surface area contributed by atoms with E-state index >= 15 is 0 Å². The molecule has 0 radical (unpaired) electrons. The maximum Gasteiger partial charge on any atom is 0.227 e. The monoisotopic (exact) mass is 434 g/mol. The summed E-state index contributed by atoms with van der Waals surface area (Å²) in [7, 11) is 0. The highest BCUT2D eigenvalue weighted by Crippen LogP contribution is 2.33. The largest absolute Gasteiger partial charge is 0.486 e. The fourth-order valence-corrected chi connectivity index (χ4v) is 4.03. The van der Waals surface area contributed by atoms with Crippen LogP contribution in [-0.4, -0.2) is 42.2 Å². The van der Waals surface area contributed by atoms with Gasteiger partial charge in [0.2, 0.25) is 5.91 Å². The summed E-state index contributed by atoms with van der Waals surface area (Å²) in [4.78, 5) is 23.7. The number of carbonyl (C=O) groups is 1. The number of nitrogens with zero attached hydrogens (tertiary/aromatic N) is 3. The van der Waals surface area contributed by atoms with E-state index in [1.54, 1.807) is 18.2 Å². The van der Waals surface area contributed by atoms with Gasteiger partial charge in [-0.15, -0.1) is 0 Å². The molecule has 3 heterocycles. The molecule has 3 aromatic rings. The number of amides is 1. The number of benzene rings is 2. The van der Waals surface area contributed by atoms with E-state index in [2.05, 4.69) is 20.2 Å². The van der Waals surface area contributed by atoms with Gasteiger partial charge in [0.25, 0.3) is 0 Å². The highest BCUT2D eigenvalue weighted by atomic mass is 19.1. The van der Waals surface area contributed by atoms with Gasteiger partial charge >= 0.3 is 0 Å². The van der Waals surface area contributed by atoms with Gasteiger partial charge in [-0.1, -0.05) is 0 Å². The molecule has 1 N–H and O–H groups in total. The summed E-state index contributed by atoms with van der Waals surface area (Å²) in [5.74, 6) is 1.83. The normalized spacial score (nSPS) is 16.0. The molecule has 5 rings (SSSR count). The fourth-order valence-electron chi connectivity index (χ4n) is 4.03. The Hall–Kier alpha value is -3.68. The van der Waals surface area contributed by atoms with Crippen molar-refractivity contribution >= 4 is 17.4 Å². The summed E-state index contributed by atoms with van der Waals surface area (Å²) >= 11 is 0. The summed E-state index contributed by atoms with van der Waals surface area (Å²) in [6.45, 7) is 2.49. The number of fused-ring (bicyclic) bond motifs is 1. The van der Waals surface area contributed by atoms with Crippen molar-refractivity contribution in [1.82, 2.24) is 9.97 Å². The molecule has 0 aliphatic carbocycles. The maximum absolute atomic E-state index is 13.2. The summed E-state index contributed by atoms with van der Waals surface area (Å²) in [6.07, 6.45) is 2.98. The second-order valence-electron chi connectivity index (χ2n) is 7.88. The van der Waals surface area contributed by atoms with Gasteiger partial charge in [0.05, 0.1) is 5.69 Å². The van der Waals surface area contributed by atoms with Crippen LogP contribution in [0.1, 0.15) is 12.8 Å². The Kier molecular flexibility index (Phi) is 5.58. The Bertz CT molecular complexity index is 1110. The van der Waals surface area contributed by atoms with E-state index in [4.69, 9.17) is 9.47 Å². The van der Waals surface area contributed by atoms with Crippen LogP contribution in [-0.2, 0) is 4.79 Å². The highest BCUT2D eigenvalue weighted by molar-refractivity contribution is 5.93. The number of hydrogen-bond acceptors (Lipinski definition) is 6.